The Kier molecular flexibility index (Phi) is 2.24. The summed E-state index contributed by atoms with van der Waals surface area (Å²) in [4.78, 5) is 0. The third-order valence-corrected chi connectivity index (χ3v) is 0.361. The zero-order valence-electron chi connectivity index (χ0n) is 4.08. The van der Waals surface area contributed by atoms with Gasteiger partial charge >= 0.3 is 0 Å². The molecule has 0 fully saturated rings. The predicted octanol–water partition coefficient (Wildman–Crippen LogP) is 1.54. The molecular formula is C6H7. The summed E-state index contributed by atoms with van der Waals surface area (Å²) in [5.74, 6) is 2.16. The summed E-state index contributed by atoms with van der Waals surface area (Å²) in [6, 6.07) is 0. The molecule has 0 rings (SSSR count). The largest absolute Gasteiger partial charge is 0.0681 e. The highest BCUT2D eigenvalue weighted by molar-refractivity contribution is 5.10. The molecule has 0 aromatic carbocycles. The second kappa shape index (κ2) is 2.53. The van der Waals surface area contributed by atoms with Gasteiger partial charge in [0.25, 0.3) is 0 Å². The van der Waals surface area contributed by atoms with Crippen molar-refractivity contribution in [2.24, 2.45) is 0 Å². The molecule has 0 aliphatic heterocycles. The minimum absolute atomic E-state index is 1.12. The summed E-state index contributed by atoms with van der Waals surface area (Å²) in [6.07, 6.45) is 8.03. The van der Waals surface area contributed by atoms with E-state index in [1.54, 1.807) is 6.08 Å². The van der Waals surface area contributed by atoms with Crippen LogP contribution in [0.4, 0.5) is 0 Å². The Morgan fingerprint density at radius 2 is 2.17 bits per heavy atom. The zero-order valence-corrected chi connectivity index (χ0v) is 4.08. The average molecular weight is 79.1 g/mol. The van der Waals surface area contributed by atoms with Gasteiger partial charge in [0.2, 0.25) is 0 Å². The van der Waals surface area contributed by atoms with E-state index in [0.29, 0.717) is 0 Å². The van der Waals surface area contributed by atoms with Crippen molar-refractivity contribution in [1.29, 1.82) is 0 Å². The maximum Gasteiger partial charge on any atom is -0.0102 e. The van der Waals surface area contributed by atoms with Crippen LogP contribution in [0.3, 0.4) is 0 Å². The van der Waals surface area contributed by atoms with Gasteiger partial charge in [0.1, 0.15) is 0 Å². The Morgan fingerprint density at radius 3 is 2.17 bits per heavy atom. The molecule has 0 heterocycles. The van der Waals surface area contributed by atoms with Crippen molar-refractivity contribution in [1.82, 2.24) is 0 Å². The van der Waals surface area contributed by atoms with Gasteiger partial charge in [0.15, 0.2) is 0 Å². The molecule has 0 aliphatic carbocycles. The molecule has 0 saturated carbocycles. The fraction of sp³-hybridized carbons (Fsp3) is 0.333. The van der Waals surface area contributed by atoms with Gasteiger partial charge in [-0.15, -0.1) is 0 Å². The quantitative estimate of drug-likeness (QED) is 0.386. The van der Waals surface area contributed by atoms with E-state index in [2.05, 4.69) is 5.92 Å². The van der Waals surface area contributed by atoms with Gasteiger partial charge < -0.3 is 0 Å². The fourth-order valence-electron chi connectivity index (χ4n) is 0.144. The number of rotatable bonds is 0. The van der Waals surface area contributed by atoms with Gasteiger partial charge in [0.05, 0.1) is 0 Å². The number of hydrogen-bond donors (Lipinski definition) is 0. The molecule has 0 saturated heterocycles. The zero-order chi connectivity index (χ0) is 4.99. The standard InChI is InChI=1S/C6H7/c1-4-5-6(2)3/h5H,2-3H3. The Morgan fingerprint density at radius 1 is 1.67 bits per heavy atom. The Labute approximate surface area is 38.9 Å². The van der Waals surface area contributed by atoms with E-state index in [9.17, 15) is 0 Å². The van der Waals surface area contributed by atoms with Crippen molar-refractivity contribution < 1.29 is 0 Å². The minimum atomic E-state index is 1.12. The average Bonchev–Trinajstić information content (AvgIpc) is 1.35. The second-order valence-corrected chi connectivity index (χ2v) is 1.37. The predicted molar refractivity (Wildman–Crippen MR) is 26.6 cm³/mol. The summed E-state index contributed by atoms with van der Waals surface area (Å²) in [5, 5.41) is 0. The topological polar surface area (TPSA) is 0 Å². The molecule has 1 radical (unpaired) electrons. The second-order valence-electron chi connectivity index (χ2n) is 1.37. The van der Waals surface area contributed by atoms with Gasteiger partial charge in [-0.3, -0.25) is 0 Å². The van der Waals surface area contributed by atoms with Gasteiger partial charge in [-0.05, 0) is 26.3 Å². The van der Waals surface area contributed by atoms with E-state index >= 15 is 0 Å². The monoisotopic (exact) mass is 79.1 g/mol. The molecule has 0 aromatic rings. The van der Waals surface area contributed by atoms with Crippen molar-refractivity contribution in [3.05, 3.63) is 18.1 Å². The maximum atomic E-state index is 6.41. The van der Waals surface area contributed by atoms with Crippen LogP contribution in [0.5, 0.6) is 0 Å². The fourth-order valence-corrected chi connectivity index (χ4v) is 0.144. The molecular weight excluding hydrogens is 72.1 g/mol. The third-order valence-electron chi connectivity index (χ3n) is 0.361. The maximum absolute atomic E-state index is 6.41. The highest BCUT2D eigenvalue weighted by atomic mass is 13.7. The van der Waals surface area contributed by atoms with E-state index in [0.717, 1.165) is 5.57 Å². The minimum Gasteiger partial charge on any atom is -0.0681 e. The van der Waals surface area contributed by atoms with Gasteiger partial charge in [-0.1, -0.05) is 11.5 Å². The van der Waals surface area contributed by atoms with Crippen LogP contribution in [0.25, 0.3) is 0 Å². The molecule has 0 atom stereocenters. The van der Waals surface area contributed by atoms with Crippen molar-refractivity contribution in [2.75, 3.05) is 0 Å². The van der Waals surface area contributed by atoms with Crippen LogP contribution in [-0.4, -0.2) is 0 Å². The smallest absolute Gasteiger partial charge is 0.0102 e. The first-order chi connectivity index (χ1) is 2.77. The molecule has 0 bridgehead atoms. The summed E-state index contributed by atoms with van der Waals surface area (Å²) in [6.45, 7) is 3.86. The van der Waals surface area contributed by atoms with Gasteiger partial charge in [0, 0.05) is 0 Å². The lowest BCUT2D eigenvalue weighted by molar-refractivity contribution is 1.40. The molecule has 0 aromatic heterocycles. The number of hydrogen-bond acceptors (Lipinski definition) is 0. The summed E-state index contributed by atoms with van der Waals surface area (Å²) in [5.41, 5.74) is 1.12. The van der Waals surface area contributed by atoms with Crippen LogP contribution in [0.2, 0.25) is 0 Å². The highest BCUT2D eigenvalue weighted by Crippen LogP contribution is 1.82. The Hall–Kier alpha value is -0.700. The van der Waals surface area contributed by atoms with Gasteiger partial charge in [-0.25, -0.2) is 0 Å². The molecule has 31 valence electrons. The normalized spacial score (nSPS) is 6.17. The lowest BCUT2D eigenvalue weighted by atomic mass is 10.3. The van der Waals surface area contributed by atoms with Crippen molar-refractivity contribution in [3.8, 4) is 5.92 Å². The van der Waals surface area contributed by atoms with E-state index in [-0.39, 0.29) is 0 Å². The number of allylic oxidation sites excluding steroid dienone is 2. The first-order valence-electron chi connectivity index (χ1n) is 1.83. The third kappa shape index (κ3) is 3.30. The highest BCUT2D eigenvalue weighted by Gasteiger charge is 1.64. The Bertz CT molecular complexity index is 87.1. The van der Waals surface area contributed by atoms with Crippen LogP contribution in [0, 0.1) is 12.3 Å². The van der Waals surface area contributed by atoms with Crippen LogP contribution < -0.4 is 0 Å². The van der Waals surface area contributed by atoms with Crippen molar-refractivity contribution >= 4 is 0 Å². The molecule has 0 aliphatic rings. The lowest BCUT2D eigenvalue weighted by Gasteiger charge is -1.73. The molecule has 0 N–H and O–H groups in total. The van der Waals surface area contributed by atoms with Gasteiger partial charge in [-0.2, -0.15) is 0 Å². The molecule has 0 amide bonds. The van der Waals surface area contributed by atoms with Crippen LogP contribution >= 0.6 is 0 Å². The molecule has 0 heteroatoms. The molecule has 6 heavy (non-hydrogen) atoms. The van der Waals surface area contributed by atoms with Crippen molar-refractivity contribution in [3.63, 3.8) is 0 Å². The molecule has 0 unspecified atom stereocenters. The molecule has 0 spiro atoms. The lowest BCUT2D eigenvalue weighted by Crippen LogP contribution is -1.55. The van der Waals surface area contributed by atoms with E-state index < -0.39 is 0 Å². The molecule has 0 nitrogen and oxygen atoms in total. The van der Waals surface area contributed by atoms with E-state index in [1.165, 1.54) is 0 Å². The van der Waals surface area contributed by atoms with E-state index in [1.807, 2.05) is 13.8 Å². The first-order valence-corrected chi connectivity index (χ1v) is 1.83. The van der Waals surface area contributed by atoms with Crippen LogP contribution in [0.15, 0.2) is 11.6 Å². The summed E-state index contributed by atoms with van der Waals surface area (Å²) >= 11 is 0. The first kappa shape index (κ1) is 5.30. The summed E-state index contributed by atoms with van der Waals surface area (Å²) < 4.78 is 0. The Balaban J connectivity index is 3.51. The SMILES string of the molecule is [C]#CC=C(C)C. The van der Waals surface area contributed by atoms with Crippen LogP contribution in [0.1, 0.15) is 13.8 Å². The van der Waals surface area contributed by atoms with E-state index in [4.69, 9.17) is 6.42 Å². The van der Waals surface area contributed by atoms with Crippen LogP contribution in [-0.2, 0) is 0 Å². The van der Waals surface area contributed by atoms with Crippen molar-refractivity contribution in [2.45, 2.75) is 13.8 Å². The summed E-state index contributed by atoms with van der Waals surface area (Å²) in [7, 11) is 0.